The number of ether oxygens (including phenoxy) is 1. The first-order chi connectivity index (χ1) is 17.4. The zero-order chi connectivity index (χ0) is 25.4. The van der Waals surface area contributed by atoms with Crippen molar-refractivity contribution in [1.29, 1.82) is 5.26 Å². The summed E-state index contributed by atoms with van der Waals surface area (Å²) in [6, 6.07) is 8.33. The first-order valence-corrected chi connectivity index (χ1v) is 11.2. The number of hydrogen-bond donors (Lipinski definition) is 1. The lowest BCUT2D eigenvalue weighted by Crippen LogP contribution is -2.58. The maximum absolute atomic E-state index is 14.4. The third-order valence-electron chi connectivity index (χ3n) is 6.09. The predicted octanol–water partition coefficient (Wildman–Crippen LogP) is 3.29. The van der Waals surface area contributed by atoms with Crippen molar-refractivity contribution in [3.63, 3.8) is 0 Å². The third kappa shape index (κ3) is 4.31. The number of rotatable bonds is 5. The molecule has 2 aromatic heterocycles. The number of nitriles is 1. The molecule has 2 aliphatic rings. The summed E-state index contributed by atoms with van der Waals surface area (Å²) in [5.74, 6) is -0.472. The Morgan fingerprint density at radius 2 is 2.03 bits per heavy atom. The number of urea groups is 1. The van der Waals surface area contributed by atoms with E-state index in [1.54, 1.807) is 37.1 Å². The van der Waals surface area contributed by atoms with Gasteiger partial charge in [0.15, 0.2) is 11.6 Å². The van der Waals surface area contributed by atoms with Gasteiger partial charge in [-0.3, -0.25) is 9.67 Å². The van der Waals surface area contributed by atoms with Crippen LogP contribution in [0.1, 0.15) is 23.6 Å². The van der Waals surface area contributed by atoms with E-state index in [-0.39, 0.29) is 30.4 Å². The highest BCUT2D eigenvalue weighted by atomic mass is 19.1. The first kappa shape index (κ1) is 23.2. The van der Waals surface area contributed by atoms with Gasteiger partial charge < -0.3 is 15.0 Å². The van der Waals surface area contributed by atoms with Crippen LogP contribution in [0.15, 0.2) is 41.6 Å². The van der Waals surface area contributed by atoms with Gasteiger partial charge in [-0.1, -0.05) is 0 Å². The fraction of sp³-hybridized carbons (Fsp3) is 0.292. The fourth-order valence-corrected chi connectivity index (χ4v) is 4.22. The summed E-state index contributed by atoms with van der Waals surface area (Å²) in [4.78, 5) is 18.7. The summed E-state index contributed by atoms with van der Waals surface area (Å²) in [7, 11) is 3.51. The lowest BCUT2D eigenvalue weighted by Gasteiger charge is -2.41. The number of likely N-dealkylation sites (tertiary alicyclic amines) is 1. The summed E-state index contributed by atoms with van der Waals surface area (Å²) in [5, 5.41) is 21.8. The molecule has 1 unspecified atom stereocenters. The number of halogens is 2. The molecule has 1 saturated heterocycles. The van der Waals surface area contributed by atoms with Gasteiger partial charge in [0.25, 0.3) is 0 Å². The number of hydrogen-bond acceptors (Lipinski definition) is 7. The summed E-state index contributed by atoms with van der Waals surface area (Å²) >= 11 is 0. The lowest BCUT2D eigenvalue weighted by molar-refractivity contribution is 0.0257. The Morgan fingerprint density at radius 3 is 2.75 bits per heavy atom. The van der Waals surface area contributed by atoms with E-state index in [1.807, 2.05) is 6.07 Å². The summed E-state index contributed by atoms with van der Waals surface area (Å²) < 4.78 is 35.8. The van der Waals surface area contributed by atoms with E-state index in [0.29, 0.717) is 29.2 Å². The number of pyridine rings is 1. The van der Waals surface area contributed by atoms with Gasteiger partial charge in [-0.05, 0) is 23.8 Å². The second kappa shape index (κ2) is 9.26. The van der Waals surface area contributed by atoms with Crippen LogP contribution >= 0.6 is 0 Å². The minimum atomic E-state index is -0.608. The Kier molecular flexibility index (Phi) is 5.97. The number of carbonyl (C=O) groups is 1. The van der Waals surface area contributed by atoms with Crippen LogP contribution in [0.4, 0.5) is 19.4 Å². The van der Waals surface area contributed by atoms with E-state index >= 15 is 0 Å². The van der Waals surface area contributed by atoms with Crippen LogP contribution in [0, 0.1) is 23.0 Å². The van der Waals surface area contributed by atoms with E-state index in [1.165, 1.54) is 22.0 Å². The van der Waals surface area contributed by atoms with Crippen LogP contribution < -0.4 is 10.1 Å². The van der Waals surface area contributed by atoms with Crippen molar-refractivity contribution in [2.45, 2.75) is 18.6 Å². The normalized spacial score (nSPS) is 17.1. The molecule has 4 heterocycles. The Hall–Kier alpha value is -4.53. The van der Waals surface area contributed by atoms with Gasteiger partial charge in [-0.25, -0.2) is 18.6 Å². The van der Waals surface area contributed by atoms with Crippen molar-refractivity contribution >= 4 is 18.1 Å². The van der Waals surface area contributed by atoms with Crippen LogP contribution in [0.2, 0.25) is 0 Å². The van der Waals surface area contributed by atoms with E-state index < -0.39 is 23.8 Å². The number of carbonyl (C=O) groups excluding carboxylic acids is 1. The van der Waals surface area contributed by atoms with Crippen molar-refractivity contribution in [1.82, 2.24) is 24.7 Å². The predicted molar refractivity (Wildman–Crippen MR) is 126 cm³/mol. The van der Waals surface area contributed by atoms with Gasteiger partial charge >= 0.3 is 6.03 Å². The highest BCUT2D eigenvalue weighted by molar-refractivity contribution is 5.79. The van der Waals surface area contributed by atoms with E-state index in [0.717, 1.165) is 12.3 Å². The molecule has 2 aliphatic heterocycles. The maximum atomic E-state index is 14.4. The lowest BCUT2D eigenvalue weighted by atomic mass is 10.0. The zero-order valence-corrected chi connectivity index (χ0v) is 19.5. The molecule has 5 rings (SSSR count). The van der Waals surface area contributed by atoms with Crippen molar-refractivity contribution in [2.75, 3.05) is 25.5 Å². The van der Waals surface area contributed by atoms with E-state index in [9.17, 15) is 13.6 Å². The van der Waals surface area contributed by atoms with Crippen molar-refractivity contribution < 1.29 is 18.3 Å². The molecule has 3 aromatic rings. The first-order valence-electron chi connectivity index (χ1n) is 11.2. The molecule has 1 N–H and O–H groups in total. The van der Waals surface area contributed by atoms with Gasteiger partial charge in [0, 0.05) is 38.9 Å². The molecule has 0 aliphatic carbocycles. The van der Waals surface area contributed by atoms with Gasteiger partial charge in [-0.15, -0.1) is 0 Å². The fourth-order valence-electron chi connectivity index (χ4n) is 4.22. The Labute approximate surface area is 205 Å². The number of benzene rings is 1. The van der Waals surface area contributed by atoms with Gasteiger partial charge in [-0.2, -0.15) is 15.5 Å². The smallest absolute Gasteiger partial charge is 0.341 e. The summed E-state index contributed by atoms with van der Waals surface area (Å²) in [6.07, 6.45) is 2.67. The highest BCUT2D eigenvalue weighted by Crippen LogP contribution is 2.32. The molecule has 184 valence electrons. The molecule has 0 radical (unpaired) electrons. The largest absolute Gasteiger partial charge is 0.483 e. The van der Waals surface area contributed by atoms with E-state index in [4.69, 9.17) is 10.00 Å². The third-order valence-corrected chi connectivity index (χ3v) is 6.09. The minimum absolute atomic E-state index is 0.0326. The zero-order valence-electron chi connectivity index (χ0n) is 19.5. The van der Waals surface area contributed by atoms with Crippen LogP contribution in [-0.4, -0.2) is 63.2 Å². The molecular weight excluding hydrogens is 470 g/mol. The minimum Gasteiger partial charge on any atom is -0.483 e. The molecule has 0 saturated carbocycles. The SMILES string of the molecule is CNc1cc(-c2cc(OC3CN(C(=O)N4N=CCC4c4cc(F)cc(C#N)c4)C3)c(F)cn2)n(C)n1. The molecule has 2 amide bonds. The van der Waals surface area contributed by atoms with Gasteiger partial charge in [0.1, 0.15) is 17.7 Å². The van der Waals surface area contributed by atoms with Crippen LogP contribution in [0.25, 0.3) is 11.4 Å². The highest BCUT2D eigenvalue weighted by Gasteiger charge is 2.39. The Morgan fingerprint density at radius 1 is 1.22 bits per heavy atom. The maximum Gasteiger partial charge on any atom is 0.341 e. The molecule has 1 aromatic carbocycles. The average molecular weight is 492 g/mol. The second-order valence-electron chi connectivity index (χ2n) is 8.49. The van der Waals surface area contributed by atoms with Gasteiger partial charge in [0.2, 0.25) is 0 Å². The molecular formula is C24H22F2N8O2. The number of hydrazone groups is 1. The Bertz CT molecular complexity index is 1390. The average Bonchev–Trinajstić information content (AvgIpc) is 3.48. The monoisotopic (exact) mass is 492 g/mol. The number of aromatic nitrogens is 3. The molecule has 0 spiro atoms. The standard InChI is InChI=1S/C24H22F2N8O2/c1-28-23-9-21(32(2)31-23)19-8-22(18(26)11-29-19)36-17-12-33(13-17)24(35)34-20(3-4-30-34)15-5-14(10-27)6-16(25)7-15/h4-9,11,17,20H,3,12-13H2,1-2H3,(H,28,31). The number of amides is 2. The molecule has 12 heteroatoms. The van der Waals surface area contributed by atoms with Gasteiger partial charge in [0.05, 0.1) is 48.3 Å². The number of anilines is 1. The number of aryl methyl sites for hydroxylation is 1. The summed E-state index contributed by atoms with van der Waals surface area (Å²) in [5.41, 5.74) is 1.85. The number of nitrogens with one attached hydrogen (secondary N) is 1. The topological polar surface area (TPSA) is 112 Å². The summed E-state index contributed by atoms with van der Waals surface area (Å²) in [6.45, 7) is 0.466. The van der Waals surface area contributed by atoms with Crippen molar-refractivity contribution in [2.24, 2.45) is 12.1 Å². The van der Waals surface area contributed by atoms with E-state index in [2.05, 4.69) is 20.5 Å². The molecule has 1 atom stereocenters. The van der Waals surface area contributed by atoms with Crippen molar-refractivity contribution in [3.8, 4) is 23.2 Å². The second-order valence-corrected chi connectivity index (χ2v) is 8.49. The quantitative estimate of drug-likeness (QED) is 0.585. The van der Waals surface area contributed by atoms with Crippen LogP contribution in [-0.2, 0) is 7.05 Å². The molecule has 10 nitrogen and oxygen atoms in total. The molecule has 0 bridgehead atoms. The Balaban J connectivity index is 1.25. The van der Waals surface area contributed by atoms with Crippen LogP contribution in [0.3, 0.4) is 0 Å². The molecule has 1 fully saturated rings. The molecule has 36 heavy (non-hydrogen) atoms. The van der Waals surface area contributed by atoms with Crippen molar-refractivity contribution in [3.05, 3.63) is 59.3 Å². The number of nitrogens with zero attached hydrogens (tertiary/aromatic N) is 7. The van der Waals surface area contributed by atoms with Crippen LogP contribution in [0.5, 0.6) is 5.75 Å².